The maximum Gasteiger partial charge on any atom is 0.0693 e. The van der Waals surface area contributed by atoms with E-state index in [1.165, 1.54) is 25.9 Å². The molecule has 2 N–H and O–H groups in total. The van der Waals surface area contributed by atoms with Crippen LogP contribution < -0.4 is 5.73 Å². The van der Waals surface area contributed by atoms with Crippen LogP contribution in [0.25, 0.3) is 0 Å². The summed E-state index contributed by atoms with van der Waals surface area (Å²) in [4.78, 5) is 4.74. The van der Waals surface area contributed by atoms with Gasteiger partial charge in [0.05, 0.1) is 15.7 Å². The quantitative estimate of drug-likeness (QED) is 0.865. The average molecular weight is 316 g/mol. The summed E-state index contributed by atoms with van der Waals surface area (Å²) in [5.41, 5.74) is 7.34. The van der Waals surface area contributed by atoms with E-state index in [0.717, 1.165) is 24.6 Å². The van der Waals surface area contributed by atoms with Crippen LogP contribution in [0, 0.1) is 5.92 Å². The molecule has 0 aromatic heterocycles. The van der Waals surface area contributed by atoms with Gasteiger partial charge in [-0.1, -0.05) is 23.2 Å². The molecular formula is C15H23Cl2N3. The van der Waals surface area contributed by atoms with Crippen molar-refractivity contribution in [3.8, 4) is 0 Å². The summed E-state index contributed by atoms with van der Waals surface area (Å²) in [7, 11) is 4.34. The predicted octanol–water partition coefficient (Wildman–Crippen LogP) is 3.35. The molecule has 0 bridgehead atoms. The number of nitrogens with two attached hydrogens (primary N) is 1. The first-order valence-corrected chi connectivity index (χ1v) is 7.81. The van der Waals surface area contributed by atoms with Gasteiger partial charge in [-0.05, 0) is 63.6 Å². The Labute approximate surface area is 131 Å². The Morgan fingerprint density at radius 3 is 2.35 bits per heavy atom. The van der Waals surface area contributed by atoms with E-state index in [-0.39, 0.29) is 0 Å². The van der Waals surface area contributed by atoms with Crippen LogP contribution in [0.2, 0.25) is 10.0 Å². The summed E-state index contributed by atoms with van der Waals surface area (Å²) in [6, 6.07) is 3.82. The topological polar surface area (TPSA) is 32.5 Å². The summed E-state index contributed by atoms with van der Waals surface area (Å²) in [5, 5.41) is 1.08. The highest BCUT2D eigenvalue weighted by molar-refractivity contribution is 6.38. The molecule has 1 aromatic rings. The van der Waals surface area contributed by atoms with E-state index >= 15 is 0 Å². The normalized spacial score (nSPS) is 17.9. The smallest absolute Gasteiger partial charge is 0.0693 e. The molecule has 0 unspecified atom stereocenters. The predicted molar refractivity (Wildman–Crippen MR) is 87.4 cm³/mol. The zero-order valence-electron chi connectivity index (χ0n) is 12.2. The lowest BCUT2D eigenvalue weighted by Gasteiger charge is -2.31. The Morgan fingerprint density at radius 1 is 1.25 bits per heavy atom. The highest BCUT2D eigenvalue weighted by Crippen LogP contribution is 2.29. The molecule has 1 aliphatic heterocycles. The number of nitrogen functional groups attached to an aromatic ring is 1. The summed E-state index contributed by atoms with van der Waals surface area (Å²) in [5.74, 6) is 0.788. The number of hydrogen-bond acceptors (Lipinski definition) is 3. The van der Waals surface area contributed by atoms with Crippen LogP contribution in [0.3, 0.4) is 0 Å². The highest BCUT2D eigenvalue weighted by Gasteiger charge is 2.18. The summed E-state index contributed by atoms with van der Waals surface area (Å²) in [6.07, 6.45) is 2.56. The van der Waals surface area contributed by atoms with E-state index in [1.807, 2.05) is 12.1 Å². The number of benzene rings is 1. The third kappa shape index (κ3) is 4.26. The fourth-order valence-corrected chi connectivity index (χ4v) is 3.32. The largest absolute Gasteiger partial charge is 0.396 e. The van der Waals surface area contributed by atoms with E-state index in [9.17, 15) is 0 Å². The molecule has 20 heavy (non-hydrogen) atoms. The Morgan fingerprint density at radius 2 is 1.80 bits per heavy atom. The number of halogens is 2. The number of piperidine rings is 1. The van der Waals surface area contributed by atoms with Crippen molar-refractivity contribution in [1.82, 2.24) is 9.80 Å². The number of nitrogens with zero attached hydrogens (tertiary/aromatic N) is 2. The minimum Gasteiger partial charge on any atom is -0.396 e. The molecule has 1 heterocycles. The lowest BCUT2D eigenvalue weighted by atomic mass is 9.96. The van der Waals surface area contributed by atoms with Crippen LogP contribution in [0.5, 0.6) is 0 Å². The Hall–Kier alpha value is -0.480. The first-order valence-electron chi connectivity index (χ1n) is 7.06. The van der Waals surface area contributed by atoms with Crippen LogP contribution >= 0.6 is 23.2 Å². The first-order chi connectivity index (χ1) is 9.45. The molecule has 0 amide bonds. The molecule has 5 heteroatoms. The van der Waals surface area contributed by atoms with Gasteiger partial charge in [0.25, 0.3) is 0 Å². The standard InChI is InChI=1S/C15H23Cl2N3/c1-19-5-3-11(4-6-19)9-20(2)10-12-7-13(16)15(18)14(17)8-12/h7-8,11H,3-6,9-10,18H2,1-2H3. The highest BCUT2D eigenvalue weighted by atomic mass is 35.5. The van der Waals surface area contributed by atoms with E-state index in [0.29, 0.717) is 15.7 Å². The van der Waals surface area contributed by atoms with Crippen molar-refractivity contribution in [2.75, 3.05) is 39.5 Å². The zero-order valence-corrected chi connectivity index (χ0v) is 13.7. The van der Waals surface area contributed by atoms with Gasteiger partial charge in [-0.3, -0.25) is 0 Å². The van der Waals surface area contributed by atoms with Crippen molar-refractivity contribution in [3.05, 3.63) is 27.7 Å². The fourth-order valence-electron chi connectivity index (χ4n) is 2.79. The number of rotatable bonds is 4. The molecule has 0 atom stereocenters. The Balaban J connectivity index is 1.89. The van der Waals surface area contributed by atoms with Crippen molar-refractivity contribution in [2.24, 2.45) is 5.92 Å². The maximum atomic E-state index is 6.08. The van der Waals surface area contributed by atoms with Crippen LogP contribution in [0.15, 0.2) is 12.1 Å². The first kappa shape index (κ1) is 15.9. The van der Waals surface area contributed by atoms with Crippen LogP contribution in [-0.4, -0.2) is 43.5 Å². The second kappa shape index (κ2) is 6.99. The summed E-state index contributed by atoms with van der Waals surface area (Å²) in [6.45, 7) is 4.38. The molecular weight excluding hydrogens is 293 g/mol. The van der Waals surface area contributed by atoms with Gasteiger partial charge in [-0.15, -0.1) is 0 Å². The van der Waals surface area contributed by atoms with Crippen molar-refractivity contribution in [3.63, 3.8) is 0 Å². The molecule has 0 aliphatic carbocycles. The minimum atomic E-state index is 0.468. The van der Waals surface area contributed by atoms with Crippen LogP contribution in [0.1, 0.15) is 18.4 Å². The van der Waals surface area contributed by atoms with Gasteiger partial charge in [-0.2, -0.15) is 0 Å². The molecule has 0 spiro atoms. The monoisotopic (exact) mass is 315 g/mol. The minimum absolute atomic E-state index is 0.468. The summed E-state index contributed by atoms with van der Waals surface area (Å²) >= 11 is 12.2. The Kier molecular flexibility index (Phi) is 5.56. The van der Waals surface area contributed by atoms with E-state index in [2.05, 4.69) is 23.9 Å². The molecule has 1 fully saturated rings. The SMILES string of the molecule is CN1CCC(CN(C)Cc2cc(Cl)c(N)c(Cl)c2)CC1. The van der Waals surface area contributed by atoms with Crippen molar-refractivity contribution < 1.29 is 0 Å². The Bertz CT molecular complexity index is 433. The number of anilines is 1. The zero-order chi connectivity index (χ0) is 14.7. The lowest BCUT2D eigenvalue weighted by Crippen LogP contribution is -2.35. The van der Waals surface area contributed by atoms with Gasteiger partial charge in [0.2, 0.25) is 0 Å². The number of hydrogen-bond donors (Lipinski definition) is 1. The fraction of sp³-hybridized carbons (Fsp3) is 0.600. The molecule has 1 saturated heterocycles. The van der Waals surface area contributed by atoms with Crippen LogP contribution in [0.4, 0.5) is 5.69 Å². The average Bonchev–Trinajstić information content (AvgIpc) is 2.38. The summed E-state index contributed by atoms with van der Waals surface area (Å²) < 4.78 is 0. The van der Waals surface area contributed by atoms with Gasteiger partial charge in [-0.25, -0.2) is 0 Å². The van der Waals surface area contributed by atoms with Gasteiger partial charge in [0, 0.05) is 13.1 Å². The van der Waals surface area contributed by atoms with Crippen molar-refractivity contribution in [2.45, 2.75) is 19.4 Å². The molecule has 3 nitrogen and oxygen atoms in total. The molecule has 1 aliphatic rings. The van der Waals surface area contributed by atoms with Gasteiger partial charge in [0.15, 0.2) is 0 Å². The molecule has 2 rings (SSSR count). The second-order valence-electron chi connectivity index (χ2n) is 5.92. The van der Waals surface area contributed by atoms with Gasteiger partial charge in [0.1, 0.15) is 0 Å². The third-order valence-corrected chi connectivity index (χ3v) is 4.62. The third-order valence-electron chi connectivity index (χ3n) is 4.00. The maximum absolute atomic E-state index is 6.08. The van der Waals surface area contributed by atoms with E-state index in [1.54, 1.807) is 0 Å². The number of likely N-dealkylation sites (tertiary alicyclic amines) is 1. The lowest BCUT2D eigenvalue weighted by molar-refractivity contribution is 0.173. The van der Waals surface area contributed by atoms with Crippen LogP contribution in [-0.2, 0) is 6.54 Å². The molecule has 0 saturated carbocycles. The van der Waals surface area contributed by atoms with Gasteiger partial charge >= 0.3 is 0 Å². The molecule has 112 valence electrons. The van der Waals surface area contributed by atoms with Crippen molar-refractivity contribution in [1.29, 1.82) is 0 Å². The molecule has 1 aromatic carbocycles. The van der Waals surface area contributed by atoms with Gasteiger partial charge < -0.3 is 15.5 Å². The van der Waals surface area contributed by atoms with Crippen molar-refractivity contribution >= 4 is 28.9 Å². The molecule has 0 radical (unpaired) electrons. The van der Waals surface area contributed by atoms with E-state index < -0.39 is 0 Å². The second-order valence-corrected chi connectivity index (χ2v) is 6.73. The van der Waals surface area contributed by atoms with E-state index in [4.69, 9.17) is 28.9 Å².